The topological polar surface area (TPSA) is 47.9 Å². The zero-order chi connectivity index (χ0) is 14.1. The highest BCUT2D eigenvalue weighted by Gasteiger charge is 2.30. The maximum atomic E-state index is 12.6. The van der Waals surface area contributed by atoms with Crippen LogP contribution in [0.4, 0.5) is 0 Å². The summed E-state index contributed by atoms with van der Waals surface area (Å²) >= 11 is 1.31. The summed E-state index contributed by atoms with van der Waals surface area (Å²) in [4.78, 5) is 4.82. The van der Waals surface area contributed by atoms with Gasteiger partial charge in [0, 0.05) is 0 Å². The molecule has 0 unspecified atom stereocenters. The average Bonchev–Trinajstić information content (AvgIpc) is 2.41. The van der Waals surface area contributed by atoms with Crippen LogP contribution in [0.1, 0.15) is 19.4 Å². The van der Waals surface area contributed by atoms with Gasteiger partial charge >= 0.3 is 7.60 Å². The summed E-state index contributed by atoms with van der Waals surface area (Å²) in [6, 6.07) is 9.82. The Bertz CT molecular complexity index is 440. The molecule has 19 heavy (non-hydrogen) atoms. The molecule has 0 aliphatic rings. The van der Waals surface area contributed by atoms with Crippen molar-refractivity contribution in [3.8, 4) is 0 Å². The highest BCUT2D eigenvalue weighted by Crippen LogP contribution is 2.52. The molecule has 0 spiro atoms. The molecule has 0 aromatic heterocycles. The zero-order valence-corrected chi connectivity index (χ0v) is 13.2. The van der Waals surface area contributed by atoms with E-state index in [1.807, 2.05) is 36.6 Å². The molecule has 0 bridgehead atoms. The number of benzene rings is 1. The van der Waals surface area contributed by atoms with E-state index < -0.39 is 7.60 Å². The molecule has 1 rings (SSSR count). The van der Waals surface area contributed by atoms with Crippen LogP contribution in [0.5, 0.6) is 0 Å². The molecule has 1 aromatic carbocycles. The Balaban J connectivity index is 2.87. The Hall–Kier alpha value is -0.610. The van der Waals surface area contributed by atoms with E-state index in [4.69, 9.17) is 9.05 Å². The van der Waals surface area contributed by atoms with Crippen LogP contribution in [0.2, 0.25) is 0 Å². The Morgan fingerprint density at radius 3 is 2.26 bits per heavy atom. The van der Waals surface area contributed by atoms with E-state index in [0.29, 0.717) is 24.5 Å². The molecular weight excluding hydrogens is 281 g/mol. The molecule has 1 aromatic rings. The van der Waals surface area contributed by atoms with Gasteiger partial charge in [0.15, 0.2) is 4.78 Å². The van der Waals surface area contributed by atoms with Crippen molar-refractivity contribution in [2.75, 3.05) is 19.5 Å². The molecule has 0 heterocycles. The minimum absolute atomic E-state index is 0.336. The quantitative estimate of drug-likeness (QED) is 0.431. The standard InChI is InChI=1S/C13H20NO3PS/c1-4-16-18(15,17-5-2)13(19-3)14-11-12-9-7-6-8-10-12/h6-10H,4-5,11H2,1-3H3. The molecular formula is C13H20NO3PS. The van der Waals surface area contributed by atoms with Crippen molar-refractivity contribution in [3.63, 3.8) is 0 Å². The molecule has 0 saturated heterocycles. The smallest absolute Gasteiger partial charge is 0.304 e. The van der Waals surface area contributed by atoms with Gasteiger partial charge in [0.25, 0.3) is 0 Å². The lowest BCUT2D eigenvalue weighted by atomic mass is 10.2. The van der Waals surface area contributed by atoms with Crippen molar-refractivity contribution in [1.29, 1.82) is 0 Å². The van der Waals surface area contributed by atoms with Crippen LogP contribution < -0.4 is 0 Å². The second kappa shape index (κ2) is 8.54. The molecule has 0 amide bonds. The molecule has 4 nitrogen and oxygen atoms in total. The number of hydrogen-bond donors (Lipinski definition) is 0. The minimum atomic E-state index is -3.25. The maximum Gasteiger partial charge on any atom is 0.385 e. The van der Waals surface area contributed by atoms with Gasteiger partial charge in [-0.3, -0.25) is 9.56 Å². The van der Waals surface area contributed by atoms with Crippen molar-refractivity contribution >= 4 is 24.1 Å². The van der Waals surface area contributed by atoms with Gasteiger partial charge in [0.05, 0.1) is 19.8 Å². The number of hydrogen-bond acceptors (Lipinski definition) is 5. The average molecular weight is 301 g/mol. The van der Waals surface area contributed by atoms with Crippen molar-refractivity contribution in [1.82, 2.24) is 0 Å². The Kier molecular flexibility index (Phi) is 7.39. The highest BCUT2D eigenvalue weighted by molar-refractivity contribution is 8.25. The fourth-order valence-electron chi connectivity index (χ4n) is 1.49. The first kappa shape index (κ1) is 16.4. The number of aliphatic imine (C=N–C) groups is 1. The van der Waals surface area contributed by atoms with Gasteiger partial charge in [-0.2, -0.15) is 0 Å². The van der Waals surface area contributed by atoms with Crippen molar-refractivity contribution in [3.05, 3.63) is 35.9 Å². The third-order valence-corrected chi connectivity index (χ3v) is 5.77. The maximum absolute atomic E-state index is 12.6. The molecule has 0 N–H and O–H groups in total. The molecule has 0 atom stereocenters. The normalized spacial score (nSPS) is 12.7. The summed E-state index contributed by atoms with van der Waals surface area (Å²) < 4.78 is 23.2. The summed E-state index contributed by atoms with van der Waals surface area (Å²) in [6.45, 7) is 4.73. The second-order valence-electron chi connectivity index (χ2n) is 3.62. The fourth-order valence-corrected chi connectivity index (χ4v) is 4.12. The first-order valence-electron chi connectivity index (χ1n) is 6.18. The Labute approximate surface area is 119 Å². The van der Waals surface area contributed by atoms with Crippen LogP contribution in [0.25, 0.3) is 0 Å². The van der Waals surface area contributed by atoms with E-state index in [1.165, 1.54) is 11.8 Å². The van der Waals surface area contributed by atoms with Gasteiger partial charge < -0.3 is 9.05 Å². The lowest BCUT2D eigenvalue weighted by Gasteiger charge is -2.17. The van der Waals surface area contributed by atoms with E-state index in [1.54, 1.807) is 13.8 Å². The van der Waals surface area contributed by atoms with Gasteiger partial charge in [-0.25, -0.2) is 0 Å². The Morgan fingerprint density at radius 2 is 1.79 bits per heavy atom. The van der Waals surface area contributed by atoms with Crippen LogP contribution >= 0.6 is 19.4 Å². The summed E-state index contributed by atoms with van der Waals surface area (Å²) in [5.41, 5.74) is 1.06. The van der Waals surface area contributed by atoms with Gasteiger partial charge in [-0.15, -0.1) is 11.8 Å². The molecule has 0 aliphatic heterocycles. The first-order chi connectivity index (χ1) is 9.16. The number of thioether (sulfide) groups is 1. The van der Waals surface area contributed by atoms with Crippen LogP contribution in [0.3, 0.4) is 0 Å². The van der Waals surface area contributed by atoms with Crippen LogP contribution in [0.15, 0.2) is 35.3 Å². The van der Waals surface area contributed by atoms with E-state index >= 15 is 0 Å². The summed E-state index contributed by atoms with van der Waals surface area (Å²) in [6.07, 6.45) is 1.83. The van der Waals surface area contributed by atoms with Crippen molar-refractivity contribution in [2.45, 2.75) is 20.4 Å². The number of rotatable bonds is 7. The lowest BCUT2D eigenvalue weighted by molar-refractivity contribution is 0.233. The molecule has 106 valence electrons. The lowest BCUT2D eigenvalue weighted by Crippen LogP contribution is -2.04. The van der Waals surface area contributed by atoms with E-state index in [-0.39, 0.29) is 0 Å². The predicted molar refractivity (Wildman–Crippen MR) is 82.0 cm³/mol. The third-order valence-electron chi connectivity index (χ3n) is 2.25. The summed E-state index contributed by atoms with van der Waals surface area (Å²) in [5, 5.41) is 0. The summed E-state index contributed by atoms with van der Waals surface area (Å²) in [7, 11) is -3.25. The summed E-state index contributed by atoms with van der Waals surface area (Å²) in [5.74, 6) is 0. The van der Waals surface area contributed by atoms with E-state index in [0.717, 1.165) is 5.56 Å². The largest absolute Gasteiger partial charge is 0.385 e. The minimum Gasteiger partial charge on any atom is -0.304 e. The predicted octanol–water partition coefficient (Wildman–Crippen LogP) is 4.17. The van der Waals surface area contributed by atoms with Gasteiger partial charge in [0.1, 0.15) is 0 Å². The van der Waals surface area contributed by atoms with Gasteiger partial charge in [-0.05, 0) is 25.7 Å². The van der Waals surface area contributed by atoms with Crippen LogP contribution in [0, 0.1) is 0 Å². The molecule has 6 heteroatoms. The zero-order valence-electron chi connectivity index (χ0n) is 11.5. The molecule has 0 saturated carbocycles. The highest BCUT2D eigenvalue weighted by atomic mass is 32.2. The van der Waals surface area contributed by atoms with Crippen molar-refractivity contribution in [2.24, 2.45) is 4.99 Å². The monoisotopic (exact) mass is 301 g/mol. The molecule has 0 aliphatic carbocycles. The molecule has 0 radical (unpaired) electrons. The van der Waals surface area contributed by atoms with Crippen molar-refractivity contribution < 1.29 is 13.6 Å². The van der Waals surface area contributed by atoms with E-state index in [2.05, 4.69) is 4.99 Å². The fraction of sp³-hybridized carbons (Fsp3) is 0.462. The van der Waals surface area contributed by atoms with E-state index in [9.17, 15) is 4.57 Å². The first-order valence-corrected chi connectivity index (χ1v) is 8.95. The SMILES string of the molecule is CCOP(=O)(OCC)C(=NCc1ccccc1)SC. The van der Waals surface area contributed by atoms with Crippen LogP contribution in [-0.2, 0) is 20.2 Å². The van der Waals surface area contributed by atoms with Gasteiger partial charge in [-0.1, -0.05) is 30.3 Å². The Morgan fingerprint density at radius 1 is 1.21 bits per heavy atom. The third kappa shape index (κ3) is 5.11. The van der Waals surface area contributed by atoms with Crippen LogP contribution in [-0.4, -0.2) is 24.3 Å². The second-order valence-corrected chi connectivity index (χ2v) is 6.65. The molecule has 0 fully saturated rings. The van der Waals surface area contributed by atoms with Gasteiger partial charge in [0.2, 0.25) is 0 Å². The number of nitrogens with zero attached hydrogens (tertiary/aromatic N) is 1.